The predicted molar refractivity (Wildman–Crippen MR) is 50.7 cm³/mol. The van der Waals surface area contributed by atoms with Crippen molar-refractivity contribution in [3.63, 3.8) is 0 Å². The highest BCUT2D eigenvalue weighted by molar-refractivity contribution is 5.38. The number of halogens is 1. The molecule has 0 radical (unpaired) electrons. The third kappa shape index (κ3) is 1.60. The Balaban J connectivity index is 2.45. The van der Waals surface area contributed by atoms with Gasteiger partial charge in [0.15, 0.2) is 0 Å². The van der Waals surface area contributed by atoms with Gasteiger partial charge in [0.2, 0.25) is 0 Å². The molecule has 0 aromatic heterocycles. The average molecular weight is 196 g/mol. The van der Waals surface area contributed by atoms with E-state index in [1.54, 1.807) is 6.07 Å². The summed E-state index contributed by atoms with van der Waals surface area (Å²) in [6.45, 7) is 3.81. The second-order valence-electron chi connectivity index (χ2n) is 4.26. The number of fused-ring (bicyclic) bond motifs is 1. The molecule has 0 aliphatic carbocycles. The summed E-state index contributed by atoms with van der Waals surface area (Å²) < 4.78 is 18.5. The minimum Gasteiger partial charge on any atom is -0.487 e. The van der Waals surface area contributed by atoms with Crippen LogP contribution in [0.3, 0.4) is 0 Å². The van der Waals surface area contributed by atoms with Crippen LogP contribution in [0, 0.1) is 5.82 Å². The molecular formula is C11H13FO2. The highest BCUT2D eigenvalue weighted by Crippen LogP contribution is 2.39. The third-order valence-corrected chi connectivity index (χ3v) is 2.40. The SMILES string of the molecule is CC1(C)C[C@@H](O)c2cc(F)ccc2O1. The van der Waals surface area contributed by atoms with Crippen molar-refractivity contribution >= 4 is 0 Å². The van der Waals surface area contributed by atoms with Crippen LogP contribution in [0.2, 0.25) is 0 Å². The fraction of sp³-hybridized carbons (Fsp3) is 0.455. The lowest BCUT2D eigenvalue weighted by molar-refractivity contribution is 0.0112. The van der Waals surface area contributed by atoms with Crippen molar-refractivity contribution in [2.24, 2.45) is 0 Å². The Morgan fingerprint density at radius 3 is 2.93 bits per heavy atom. The van der Waals surface area contributed by atoms with E-state index >= 15 is 0 Å². The smallest absolute Gasteiger partial charge is 0.126 e. The van der Waals surface area contributed by atoms with E-state index in [0.717, 1.165) is 0 Å². The largest absolute Gasteiger partial charge is 0.487 e. The van der Waals surface area contributed by atoms with Crippen LogP contribution < -0.4 is 4.74 Å². The third-order valence-electron chi connectivity index (χ3n) is 2.40. The van der Waals surface area contributed by atoms with E-state index in [4.69, 9.17) is 4.74 Å². The topological polar surface area (TPSA) is 29.5 Å². The average Bonchev–Trinajstić information content (AvgIpc) is 2.05. The van der Waals surface area contributed by atoms with Crippen LogP contribution in [0.25, 0.3) is 0 Å². The molecule has 0 bridgehead atoms. The van der Waals surface area contributed by atoms with Gasteiger partial charge in [-0.05, 0) is 32.0 Å². The quantitative estimate of drug-likeness (QED) is 0.690. The Hall–Kier alpha value is -1.09. The van der Waals surface area contributed by atoms with Crippen LogP contribution in [0.5, 0.6) is 5.75 Å². The van der Waals surface area contributed by atoms with Crippen molar-refractivity contribution in [2.75, 3.05) is 0 Å². The second-order valence-corrected chi connectivity index (χ2v) is 4.26. The van der Waals surface area contributed by atoms with Gasteiger partial charge in [-0.3, -0.25) is 0 Å². The summed E-state index contributed by atoms with van der Waals surface area (Å²) in [6.07, 6.45) is -0.145. The van der Waals surface area contributed by atoms with E-state index in [0.29, 0.717) is 17.7 Å². The molecule has 0 amide bonds. The summed E-state index contributed by atoms with van der Waals surface area (Å²) in [5, 5.41) is 9.77. The molecule has 0 spiro atoms. The molecule has 1 N–H and O–H groups in total. The Kier molecular flexibility index (Phi) is 2.00. The van der Waals surface area contributed by atoms with E-state index < -0.39 is 6.10 Å². The molecule has 14 heavy (non-hydrogen) atoms. The number of hydrogen-bond acceptors (Lipinski definition) is 2. The zero-order chi connectivity index (χ0) is 10.3. The highest BCUT2D eigenvalue weighted by atomic mass is 19.1. The number of aliphatic hydroxyl groups is 1. The van der Waals surface area contributed by atoms with Crippen molar-refractivity contribution in [3.05, 3.63) is 29.6 Å². The van der Waals surface area contributed by atoms with Crippen molar-refractivity contribution < 1.29 is 14.2 Å². The first kappa shape index (κ1) is 9.46. The van der Waals surface area contributed by atoms with Gasteiger partial charge in [0, 0.05) is 12.0 Å². The molecule has 0 fully saturated rings. The van der Waals surface area contributed by atoms with Gasteiger partial charge < -0.3 is 9.84 Å². The Morgan fingerprint density at radius 2 is 2.21 bits per heavy atom. The van der Waals surface area contributed by atoms with E-state index in [2.05, 4.69) is 0 Å². The first-order chi connectivity index (χ1) is 6.48. The van der Waals surface area contributed by atoms with Crippen LogP contribution in [-0.4, -0.2) is 10.7 Å². The molecular weight excluding hydrogens is 183 g/mol. The van der Waals surface area contributed by atoms with Gasteiger partial charge in [-0.2, -0.15) is 0 Å². The number of ether oxygens (including phenoxy) is 1. The van der Waals surface area contributed by atoms with Gasteiger partial charge in [-0.1, -0.05) is 0 Å². The molecule has 0 unspecified atom stereocenters. The van der Waals surface area contributed by atoms with Gasteiger partial charge in [-0.15, -0.1) is 0 Å². The maximum atomic E-state index is 12.9. The summed E-state index contributed by atoms with van der Waals surface area (Å²) >= 11 is 0. The van der Waals surface area contributed by atoms with Gasteiger partial charge in [0.1, 0.15) is 17.2 Å². The first-order valence-electron chi connectivity index (χ1n) is 4.64. The lowest BCUT2D eigenvalue weighted by atomic mass is 9.92. The van der Waals surface area contributed by atoms with E-state index in [-0.39, 0.29) is 11.4 Å². The maximum Gasteiger partial charge on any atom is 0.126 e. The molecule has 3 heteroatoms. The number of benzene rings is 1. The molecule has 1 heterocycles. The Morgan fingerprint density at radius 1 is 1.50 bits per heavy atom. The molecule has 1 aromatic carbocycles. The molecule has 0 saturated carbocycles. The summed E-state index contributed by atoms with van der Waals surface area (Å²) in [5.41, 5.74) is 0.161. The molecule has 2 nitrogen and oxygen atoms in total. The Bertz CT molecular complexity index is 360. The van der Waals surface area contributed by atoms with Crippen LogP contribution >= 0.6 is 0 Å². The fourth-order valence-corrected chi connectivity index (χ4v) is 1.79. The summed E-state index contributed by atoms with van der Waals surface area (Å²) in [4.78, 5) is 0. The van der Waals surface area contributed by atoms with E-state index in [1.165, 1.54) is 12.1 Å². The van der Waals surface area contributed by atoms with E-state index in [1.807, 2.05) is 13.8 Å². The first-order valence-corrected chi connectivity index (χ1v) is 4.64. The molecule has 1 aromatic rings. The van der Waals surface area contributed by atoms with E-state index in [9.17, 15) is 9.50 Å². The lowest BCUT2D eigenvalue weighted by Crippen LogP contribution is -2.34. The van der Waals surface area contributed by atoms with Crippen molar-refractivity contribution in [2.45, 2.75) is 32.0 Å². The standard InChI is InChI=1S/C11H13FO2/c1-11(2)6-9(13)8-5-7(12)3-4-10(8)14-11/h3-5,9,13H,6H2,1-2H3/t9-/m1/s1. The van der Waals surface area contributed by atoms with Crippen LogP contribution in [0.15, 0.2) is 18.2 Å². The molecule has 2 rings (SSSR count). The van der Waals surface area contributed by atoms with Crippen LogP contribution in [0.4, 0.5) is 4.39 Å². The zero-order valence-corrected chi connectivity index (χ0v) is 8.25. The van der Waals surface area contributed by atoms with Gasteiger partial charge >= 0.3 is 0 Å². The predicted octanol–water partition coefficient (Wildman–Crippen LogP) is 2.42. The fourth-order valence-electron chi connectivity index (χ4n) is 1.79. The minimum absolute atomic E-state index is 0.342. The van der Waals surface area contributed by atoms with Gasteiger partial charge in [-0.25, -0.2) is 4.39 Å². The molecule has 0 saturated heterocycles. The normalized spacial score (nSPS) is 23.9. The highest BCUT2D eigenvalue weighted by Gasteiger charge is 2.32. The van der Waals surface area contributed by atoms with Crippen molar-refractivity contribution in [1.29, 1.82) is 0 Å². The Labute approximate surface area is 82.3 Å². The number of aliphatic hydroxyl groups excluding tert-OH is 1. The van der Waals surface area contributed by atoms with Gasteiger partial charge in [0.05, 0.1) is 6.10 Å². The minimum atomic E-state index is -0.635. The zero-order valence-electron chi connectivity index (χ0n) is 8.25. The monoisotopic (exact) mass is 196 g/mol. The lowest BCUT2D eigenvalue weighted by Gasteiger charge is -2.35. The summed E-state index contributed by atoms with van der Waals surface area (Å²) in [5.74, 6) is 0.237. The summed E-state index contributed by atoms with van der Waals surface area (Å²) in [7, 11) is 0. The summed E-state index contributed by atoms with van der Waals surface area (Å²) in [6, 6.07) is 4.23. The van der Waals surface area contributed by atoms with Crippen molar-refractivity contribution in [3.8, 4) is 5.75 Å². The van der Waals surface area contributed by atoms with Crippen molar-refractivity contribution in [1.82, 2.24) is 0 Å². The molecule has 1 atom stereocenters. The van der Waals surface area contributed by atoms with Crippen LogP contribution in [0.1, 0.15) is 31.9 Å². The molecule has 1 aliphatic heterocycles. The second kappa shape index (κ2) is 2.95. The van der Waals surface area contributed by atoms with Gasteiger partial charge in [0.25, 0.3) is 0 Å². The molecule has 1 aliphatic rings. The maximum absolute atomic E-state index is 12.9. The number of rotatable bonds is 0. The number of hydrogen-bond donors (Lipinski definition) is 1. The van der Waals surface area contributed by atoms with Crippen LogP contribution in [-0.2, 0) is 0 Å². The molecule has 76 valence electrons.